The Balaban J connectivity index is 1.92. The Morgan fingerprint density at radius 1 is 1.47 bits per heavy atom. The van der Waals surface area contributed by atoms with E-state index in [4.69, 9.17) is 0 Å². The number of aromatic nitrogens is 2. The van der Waals surface area contributed by atoms with Gasteiger partial charge in [-0.2, -0.15) is 4.98 Å². The molecule has 0 bridgehead atoms. The predicted octanol–water partition coefficient (Wildman–Crippen LogP) is 2.04. The summed E-state index contributed by atoms with van der Waals surface area (Å²) < 4.78 is 0. The Labute approximate surface area is 90.5 Å². The van der Waals surface area contributed by atoms with Crippen LogP contribution in [0.4, 0.5) is 11.8 Å². The fourth-order valence-electron chi connectivity index (χ4n) is 1.54. The molecule has 4 nitrogen and oxygen atoms in total. The zero-order valence-electron chi connectivity index (χ0n) is 9.38. The van der Waals surface area contributed by atoms with Crippen LogP contribution in [0.5, 0.6) is 0 Å². The minimum atomic E-state index is 0.675. The Hall–Kier alpha value is -1.32. The molecule has 0 saturated heterocycles. The molecule has 0 unspecified atom stereocenters. The maximum absolute atomic E-state index is 4.37. The normalized spacial score (nSPS) is 15.1. The maximum Gasteiger partial charge on any atom is 0.224 e. The summed E-state index contributed by atoms with van der Waals surface area (Å²) in [5, 5.41) is 6.31. The quantitative estimate of drug-likeness (QED) is 0.774. The molecule has 0 aromatic carbocycles. The highest BCUT2D eigenvalue weighted by atomic mass is 15.1. The average Bonchev–Trinajstić information content (AvgIpc) is 3.05. The third-order valence-corrected chi connectivity index (χ3v) is 2.74. The smallest absolute Gasteiger partial charge is 0.224 e. The molecular formula is C11H18N4. The number of aryl methyl sites for hydroxylation is 1. The van der Waals surface area contributed by atoms with Gasteiger partial charge in [-0.15, -0.1) is 0 Å². The highest BCUT2D eigenvalue weighted by Crippen LogP contribution is 2.32. The van der Waals surface area contributed by atoms with Gasteiger partial charge in [-0.1, -0.05) is 12.8 Å². The lowest BCUT2D eigenvalue weighted by atomic mass is 10.3. The van der Waals surface area contributed by atoms with E-state index in [-0.39, 0.29) is 0 Å². The van der Waals surface area contributed by atoms with Crippen molar-refractivity contribution in [3.63, 3.8) is 0 Å². The molecule has 0 amide bonds. The van der Waals surface area contributed by atoms with Gasteiger partial charge in [0.05, 0.1) is 0 Å². The molecule has 0 spiro atoms. The highest BCUT2D eigenvalue weighted by Gasteiger charge is 2.20. The molecular weight excluding hydrogens is 188 g/mol. The van der Waals surface area contributed by atoms with E-state index < -0.39 is 0 Å². The monoisotopic (exact) mass is 206 g/mol. The van der Waals surface area contributed by atoms with Crippen molar-refractivity contribution in [3.8, 4) is 0 Å². The summed E-state index contributed by atoms with van der Waals surface area (Å²) in [7, 11) is 1.83. The van der Waals surface area contributed by atoms with Gasteiger partial charge in [-0.25, -0.2) is 4.98 Å². The number of rotatable bonds is 5. The first-order valence-corrected chi connectivity index (χ1v) is 5.55. The van der Waals surface area contributed by atoms with Gasteiger partial charge in [0.1, 0.15) is 5.82 Å². The summed E-state index contributed by atoms with van der Waals surface area (Å²) in [4.78, 5) is 8.53. The molecule has 1 heterocycles. The van der Waals surface area contributed by atoms with Gasteiger partial charge in [-0.3, -0.25) is 0 Å². The first kappa shape index (κ1) is 10.2. The largest absolute Gasteiger partial charge is 0.370 e. The number of anilines is 2. The lowest BCUT2D eigenvalue weighted by Gasteiger charge is -2.08. The molecule has 1 aromatic heterocycles. The van der Waals surface area contributed by atoms with Crippen LogP contribution in [0.1, 0.15) is 24.8 Å². The highest BCUT2D eigenvalue weighted by molar-refractivity contribution is 5.46. The van der Waals surface area contributed by atoms with E-state index in [2.05, 4.69) is 20.6 Å². The van der Waals surface area contributed by atoms with Crippen molar-refractivity contribution in [2.75, 3.05) is 24.2 Å². The summed E-state index contributed by atoms with van der Waals surface area (Å²) in [6.45, 7) is 3.05. The van der Waals surface area contributed by atoms with Crippen molar-refractivity contribution in [2.45, 2.75) is 26.2 Å². The Bertz CT molecular complexity index is 333. The van der Waals surface area contributed by atoms with Crippen molar-refractivity contribution in [1.82, 2.24) is 9.97 Å². The molecule has 0 aliphatic heterocycles. The molecule has 1 fully saturated rings. The van der Waals surface area contributed by atoms with Gasteiger partial charge < -0.3 is 10.6 Å². The zero-order valence-corrected chi connectivity index (χ0v) is 9.38. The summed E-state index contributed by atoms with van der Waals surface area (Å²) in [6.07, 6.45) is 5.93. The van der Waals surface area contributed by atoms with E-state index in [0.717, 1.165) is 23.8 Å². The van der Waals surface area contributed by atoms with Crippen molar-refractivity contribution in [1.29, 1.82) is 0 Å². The van der Waals surface area contributed by atoms with Gasteiger partial charge in [0.2, 0.25) is 5.95 Å². The molecule has 0 radical (unpaired) electrons. The van der Waals surface area contributed by atoms with E-state index in [1.54, 1.807) is 0 Å². The Kier molecular flexibility index (Phi) is 3.04. The predicted molar refractivity (Wildman–Crippen MR) is 62.1 cm³/mol. The number of hydrogen-bond donors (Lipinski definition) is 2. The lowest BCUT2D eigenvalue weighted by Crippen LogP contribution is -2.08. The van der Waals surface area contributed by atoms with Gasteiger partial charge in [-0.05, 0) is 19.3 Å². The first-order chi connectivity index (χ1) is 7.29. The minimum absolute atomic E-state index is 0.675. The molecule has 4 heteroatoms. The lowest BCUT2D eigenvalue weighted by molar-refractivity contribution is 0.757. The molecule has 1 aliphatic carbocycles. The van der Waals surface area contributed by atoms with Crippen LogP contribution in [0.2, 0.25) is 0 Å². The fourth-order valence-corrected chi connectivity index (χ4v) is 1.54. The van der Waals surface area contributed by atoms with Crippen LogP contribution >= 0.6 is 0 Å². The molecule has 0 atom stereocenters. The van der Waals surface area contributed by atoms with Crippen LogP contribution in [0.25, 0.3) is 0 Å². The van der Waals surface area contributed by atoms with Gasteiger partial charge in [0.15, 0.2) is 0 Å². The molecule has 1 aromatic rings. The fraction of sp³-hybridized carbons (Fsp3) is 0.636. The van der Waals surface area contributed by atoms with E-state index >= 15 is 0 Å². The standard InChI is InChI=1S/C11H18N4/c1-8-7-14-11(12-2)15-10(8)13-6-5-9-3-4-9/h7,9H,3-6H2,1-2H3,(H2,12,13,14,15). The van der Waals surface area contributed by atoms with E-state index in [0.29, 0.717) is 5.95 Å². The van der Waals surface area contributed by atoms with Crippen molar-refractivity contribution in [3.05, 3.63) is 11.8 Å². The SMILES string of the molecule is CNc1ncc(C)c(NCCC2CC2)n1. The maximum atomic E-state index is 4.37. The first-order valence-electron chi connectivity index (χ1n) is 5.55. The van der Waals surface area contributed by atoms with Crippen molar-refractivity contribution in [2.24, 2.45) is 5.92 Å². The van der Waals surface area contributed by atoms with E-state index in [1.807, 2.05) is 20.2 Å². The number of hydrogen-bond acceptors (Lipinski definition) is 4. The number of nitrogens with one attached hydrogen (secondary N) is 2. The van der Waals surface area contributed by atoms with Crippen LogP contribution in [0.15, 0.2) is 6.20 Å². The molecule has 1 saturated carbocycles. The summed E-state index contributed by atoms with van der Waals surface area (Å²) in [6, 6.07) is 0. The van der Waals surface area contributed by atoms with Crippen LogP contribution in [0, 0.1) is 12.8 Å². The molecule has 2 rings (SSSR count). The Morgan fingerprint density at radius 3 is 2.93 bits per heavy atom. The summed E-state index contributed by atoms with van der Waals surface area (Å²) in [5.74, 6) is 2.59. The second kappa shape index (κ2) is 4.47. The van der Waals surface area contributed by atoms with Crippen LogP contribution in [-0.4, -0.2) is 23.6 Å². The minimum Gasteiger partial charge on any atom is -0.370 e. The van der Waals surface area contributed by atoms with Gasteiger partial charge in [0, 0.05) is 25.4 Å². The van der Waals surface area contributed by atoms with E-state index in [1.165, 1.54) is 19.3 Å². The van der Waals surface area contributed by atoms with Crippen molar-refractivity contribution >= 4 is 11.8 Å². The van der Waals surface area contributed by atoms with Gasteiger partial charge in [0.25, 0.3) is 0 Å². The second-order valence-electron chi connectivity index (χ2n) is 4.13. The second-order valence-corrected chi connectivity index (χ2v) is 4.13. The average molecular weight is 206 g/mol. The summed E-state index contributed by atoms with van der Waals surface area (Å²) >= 11 is 0. The van der Waals surface area contributed by atoms with Crippen molar-refractivity contribution < 1.29 is 0 Å². The Morgan fingerprint density at radius 2 is 2.27 bits per heavy atom. The van der Waals surface area contributed by atoms with Gasteiger partial charge >= 0.3 is 0 Å². The van der Waals surface area contributed by atoms with Crippen LogP contribution in [0.3, 0.4) is 0 Å². The van der Waals surface area contributed by atoms with Crippen LogP contribution < -0.4 is 10.6 Å². The van der Waals surface area contributed by atoms with Crippen LogP contribution in [-0.2, 0) is 0 Å². The third-order valence-electron chi connectivity index (χ3n) is 2.74. The third kappa shape index (κ3) is 2.81. The molecule has 82 valence electrons. The molecule has 15 heavy (non-hydrogen) atoms. The topological polar surface area (TPSA) is 49.8 Å². The molecule has 2 N–H and O–H groups in total. The number of nitrogens with zero attached hydrogens (tertiary/aromatic N) is 2. The molecule has 1 aliphatic rings. The zero-order chi connectivity index (χ0) is 10.7. The summed E-state index contributed by atoms with van der Waals surface area (Å²) in [5.41, 5.74) is 1.10. The van der Waals surface area contributed by atoms with E-state index in [9.17, 15) is 0 Å².